The van der Waals surface area contributed by atoms with Crippen molar-refractivity contribution in [1.29, 1.82) is 0 Å². The van der Waals surface area contributed by atoms with E-state index in [1.165, 1.54) is 6.33 Å². The number of nitrogens with zero attached hydrogens (tertiary/aromatic N) is 3. The molecule has 0 amide bonds. The molecule has 0 unspecified atom stereocenters. The summed E-state index contributed by atoms with van der Waals surface area (Å²) in [4.78, 5) is 18.9. The number of anilines is 3. The van der Waals surface area contributed by atoms with Crippen LogP contribution >= 0.6 is 0 Å². The Morgan fingerprint density at radius 2 is 1.91 bits per heavy atom. The van der Waals surface area contributed by atoms with E-state index in [-0.39, 0.29) is 22.9 Å². The first-order valence-corrected chi connectivity index (χ1v) is 6.99. The molecule has 0 saturated heterocycles. The van der Waals surface area contributed by atoms with E-state index in [0.717, 1.165) is 0 Å². The lowest BCUT2D eigenvalue weighted by atomic mass is 10.1. The molecule has 122 valence electrons. The van der Waals surface area contributed by atoms with Gasteiger partial charge in [-0.1, -0.05) is 6.07 Å². The standard InChI is InChI=1S/C15H19N5O3/c1-15(2,3)19-14-12(20(21)22)13(16-9-17-14)18-10-6-5-7-11(8-10)23-4/h5-9H,1-4H3,(H2,16,17,18,19). The molecule has 1 aromatic heterocycles. The highest BCUT2D eigenvalue weighted by Gasteiger charge is 2.25. The van der Waals surface area contributed by atoms with E-state index >= 15 is 0 Å². The van der Waals surface area contributed by atoms with Crippen molar-refractivity contribution in [3.8, 4) is 5.75 Å². The SMILES string of the molecule is COc1cccc(Nc2ncnc(NC(C)(C)C)c2[N+](=O)[O-])c1. The molecule has 2 N–H and O–H groups in total. The highest BCUT2D eigenvalue weighted by atomic mass is 16.6. The van der Waals surface area contributed by atoms with E-state index in [1.807, 2.05) is 20.8 Å². The molecule has 23 heavy (non-hydrogen) atoms. The summed E-state index contributed by atoms with van der Waals surface area (Å²) in [7, 11) is 1.55. The van der Waals surface area contributed by atoms with Gasteiger partial charge in [-0.15, -0.1) is 0 Å². The first-order valence-electron chi connectivity index (χ1n) is 6.99. The fourth-order valence-corrected chi connectivity index (χ4v) is 1.93. The average Bonchev–Trinajstić information content (AvgIpc) is 2.45. The Bertz CT molecular complexity index is 712. The summed E-state index contributed by atoms with van der Waals surface area (Å²) in [5.74, 6) is 0.924. The second-order valence-corrected chi connectivity index (χ2v) is 5.91. The highest BCUT2D eigenvalue weighted by Crippen LogP contribution is 2.33. The molecule has 0 aliphatic carbocycles. The van der Waals surface area contributed by atoms with Crippen molar-refractivity contribution in [2.24, 2.45) is 0 Å². The smallest absolute Gasteiger partial charge is 0.353 e. The summed E-state index contributed by atoms with van der Waals surface area (Å²) < 4.78 is 5.14. The Hall–Kier alpha value is -2.90. The lowest BCUT2D eigenvalue weighted by Gasteiger charge is -2.21. The second kappa shape index (κ2) is 6.47. The van der Waals surface area contributed by atoms with Crippen LogP contribution in [0.5, 0.6) is 5.75 Å². The minimum Gasteiger partial charge on any atom is -0.497 e. The van der Waals surface area contributed by atoms with Gasteiger partial charge in [0.05, 0.1) is 12.0 Å². The number of benzene rings is 1. The fraction of sp³-hybridized carbons (Fsp3) is 0.333. The van der Waals surface area contributed by atoms with Crippen molar-refractivity contribution in [2.45, 2.75) is 26.3 Å². The average molecular weight is 317 g/mol. The summed E-state index contributed by atoms with van der Waals surface area (Å²) in [5.41, 5.74) is 0.0601. The molecule has 0 saturated carbocycles. The minimum absolute atomic E-state index is 0.116. The molecule has 2 aromatic rings. The van der Waals surface area contributed by atoms with Crippen molar-refractivity contribution in [3.63, 3.8) is 0 Å². The number of nitro groups is 1. The second-order valence-electron chi connectivity index (χ2n) is 5.91. The number of hydrogen-bond acceptors (Lipinski definition) is 7. The molecular weight excluding hydrogens is 298 g/mol. The van der Waals surface area contributed by atoms with Crippen LogP contribution in [-0.4, -0.2) is 27.5 Å². The van der Waals surface area contributed by atoms with E-state index in [2.05, 4.69) is 20.6 Å². The van der Waals surface area contributed by atoms with Crippen molar-refractivity contribution >= 4 is 23.0 Å². The van der Waals surface area contributed by atoms with Crippen LogP contribution in [0.4, 0.5) is 23.0 Å². The van der Waals surface area contributed by atoms with E-state index in [0.29, 0.717) is 11.4 Å². The lowest BCUT2D eigenvalue weighted by Crippen LogP contribution is -2.27. The van der Waals surface area contributed by atoms with Crippen LogP contribution in [-0.2, 0) is 0 Å². The largest absolute Gasteiger partial charge is 0.497 e. The number of hydrogen-bond donors (Lipinski definition) is 2. The van der Waals surface area contributed by atoms with Crippen LogP contribution in [0, 0.1) is 10.1 Å². The zero-order valence-corrected chi connectivity index (χ0v) is 13.5. The van der Waals surface area contributed by atoms with Crippen molar-refractivity contribution in [2.75, 3.05) is 17.7 Å². The van der Waals surface area contributed by atoms with Crippen LogP contribution in [0.15, 0.2) is 30.6 Å². The number of rotatable bonds is 5. The van der Waals surface area contributed by atoms with Gasteiger partial charge in [-0.25, -0.2) is 9.97 Å². The van der Waals surface area contributed by atoms with E-state index in [1.54, 1.807) is 31.4 Å². The third kappa shape index (κ3) is 4.29. The third-order valence-corrected chi connectivity index (χ3v) is 2.83. The Morgan fingerprint density at radius 3 is 2.52 bits per heavy atom. The van der Waals surface area contributed by atoms with Crippen molar-refractivity contribution in [3.05, 3.63) is 40.7 Å². The number of nitrogens with one attached hydrogen (secondary N) is 2. The van der Waals surface area contributed by atoms with E-state index in [4.69, 9.17) is 4.74 Å². The molecule has 1 aromatic carbocycles. The van der Waals surface area contributed by atoms with E-state index in [9.17, 15) is 10.1 Å². The molecule has 0 fully saturated rings. The number of methoxy groups -OCH3 is 1. The molecule has 0 aliphatic heterocycles. The maximum absolute atomic E-state index is 11.5. The van der Waals surface area contributed by atoms with Crippen LogP contribution in [0.1, 0.15) is 20.8 Å². The number of ether oxygens (including phenoxy) is 1. The van der Waals surface area contributed by atoms with Gasteiger partial charge in [-0.2, -0.15) is 0 Å². The van der Waals surface area contributed by atoms with Crippen LogP contribution in [0.3, 0.4) is 0 Å². The van der Waals surface area contributed by atoms with Gasteiger partial charge in [0.15, 0.2) is 0 Å². The van der Waals surface area contributed by atoms with E-state index < -0.39 is 4.92 Å². The molecule has 0 spiro atoms. The quantitative estimate of drug-likeness (QED) is 0.644. The van der Waals surface area contributed by atoms with Gasteiger partial charge in [-0.05, 0) is 32.9 Å². The summed E-state index contributed by atoms with van der Waals surface area (Å²) in [6.07, 6.45) is 1.28. The maximum Gasteiger partial charge on any atom is 0.353 e. The van der Waals surface area contributed by atoms with Crippen LogP contribution in [0.2, 0.25) is 0 Å². The molecule has 0 radical (unpaired) electrons. The topological polar surface area (TPSA) is 102 Å². The molecule has 0 bridgehead atoms. The minimum atomic E-state index is -0.503. The Morgan fingerprint density at radius 1 is 1.22 bits per heavy atom. The number of aromatic nitrogens is 2. The van der Waals surface area contributed by atoms with Gasteiger partial charge in [0.25, 0.3) is 0 Å². The molecular formula is C15H19N5O3. The van der Waals surface area contributed by atoms with Crippen molar-refractivity contribution in [1.82, 2.24) is 9.97 Å². The maximum atomic E-state index is 11.5. The predicted molar refractivity (Wildman–Crippen MR) is 88.3 cm³/mol. The van der Waals surface area contributed by atoms with Gasteiger partial charge in [0, 0.05) is 17.3 Å². The zero-order valence-electron chi connectivity index (χ0n) is 13.5. The summed E-state index contributed by atoms with van der Waals surface area (Å²) in [6.45, 7) is 5.69. The fourth-order valence-electron chi connectivity index (χ4n) is 1.93. The van der Waals surface area contributed by atoms with Crippen LogP contribution < -0.4 is 15.4 Å². The molecule has 2 rings (SSSR count). The van der Waals surface area contributed by atoms with Crippen molar-refractivity contribution < 1.29 is 9.66 Å². The summed E-state index contributed by atoms with van der Waals surface area (Å²) >= 11 is 0. The molecule has 0 atom stereocenters. The highest BCUT2D eigenvalue weighted by molar-refractivity contribution is 5.74. The molecule has 8 nitrogen and oxygen atoms in total. The third-order valence-electron chi connectivity index (χ3n) is 2.83. The Labute approximate surface area is 134 Å². The summed E-state index contributed by atoms with van der Waals surface area (Å²) in [6, 6.07) is 7.06. The Kier molecular flexibility index (Phi) is 4.63. The molecule has 1 heterocycles. The Balaban J connectivity index is 2.41. The summed E-state index contributed by atoms with van der Waals surface area (Å²) in [5, 5.41) is 17.4. The van der Waals surface area contributed by atoms with Gasteiger partial charge in [0.2, 0.25) is 11.6 Å². The van der Waals surface area contributed by atoms with Gasteiger partial charge < -0.3 is 15.4 Å². The van der Waals surface area contributed by atoms with Gasteiger partial charge >= 0.3 is 5.69 Å². The zero-order chi connectivity index (χ0) is 17.0. The lowest BCUT2D eigenvalue weighted by molar-refractivity contribution is -0.383. The first kappa shape index (κ1) is 16.5. The molecule has 0 aliphatic rings. The monoisotopic (exact) mass is 317 g/mol. The predicted octanol–water partition coefficient (Wildman–Crippen LogP) is 3.35. The first-order chi connectivity index (χ1) is 10.8. The van der Waals surface area contributed by atoms with Gasteiger partial charge in [-0.3, -0.25) is 10.1 Å². The molecule has 8 heteroatoms. The van der Waals surface area contributed by atoms with Crippen LogP contribution in [0.25, 0.3) is 0 Å². The van der Waals surface area contributed by atoms with Gasteiger partial charge in [0.1, 0.15) is 12.1 Å². The normalized spacial score (nSPS) is 11.0.